The molecule has 1 unspecified atom stereocenters. The average molecular weight is 311 g/mol. The Bertz CT molecular complexity index is 825. The summed E-state index contributed by atoms with van der Waals surface area (Å²) >= 11 is 0. The lowest BCUT2D eigenvalue weighted by Gasteiger charge is -2.20. The van der Waals surface area contributed by atoms with E-state index in [2.05, 4.69) is 16.2 Å². The monoisotopic (exact) mass is 311 g/mol. The van der Waals surface area contributed by atoms with Crippen LogP contribution in [0.1, 0.15) is 28.5 Å². The number of rotatable bonds is 4. The van der Waals surface area contributed by atoms with E-state index in [0.29, 0.717) is 12.2 Å². The maximum absolute atomic E-state index is 12.8. The van der Waals surface area contributed by atoms with Gasteiger partial charge in [-0.15, -0.1) is 0 Å². The van der Waals surface area contributed by atoms with Crippen LogP contribution in [0.2, 0.25) is 0 Å². The molecule has 2 heterocycles. The Morgan fingerprint density at radius 3 is 2.70 bits per heavy atom. The van der Waals surface area contributed by atoms with Crippen molar-refractivity contribution in [2.45, 2.75) is 26.2 Å². The second-order valence-corrected chi connectivity index (χ2v) is 6.09. The Hall–Kier alpha value is -2.56. The maximum Gasteiger partial charge on any atom is 0.230 e. The Labute approximate surface area is 135 Å². The number of nitrogens with one attached hydrogen (secondary N) is 1. The molecule has 3 aromatic rings. The molecule has 5 heteroatoms. The molecule has 0 aliphatic carbocycles. The number of fused-ring (bicyclic) bond motifs is 1. The van der Waals surface area contributed by atoms with Gasteiger partial charge in [-0.2, -0.15) is 0 Å². The maximum atomic E-state index is 12.8. The van der Waals surface area contributed by atoms with Crippen molar-refractivity contribution in [2.75, 3.05) is 14.1 Å². The van der Waals surface area contributed by atoms with Gasteiger partial charge in [-0.1, -0.05) is 23.4 Å². The fourth-order valence-electron chi connectivity index (χ4n) is 3.13. The molecule has 1 aromatic carbocycles. The molecule has 3 rings (SSSR count). The number of amides is 1. The van der Waals surface area contributed by atoms with Crippen molar-refractivity contribution in [1.82, 2.24) is 15.0 Å². The summed E-state index contributed by atoms with van der Waals surface area (Å²) in [5.74, 6) is 0.475. The van der Waals surface area contributed by atoms with Crippen molar-refractivity contribution in [1.29, 1.82) is 0 Å². The van der Waals surface area contributed by atoms with E-state index in [1.54, 1.807) is 19.0 Å². The smallest absolute Gasteiger partial charge is 0.230 e. The number of nitrogens with zero attached hydrogens (tertiary/aromatic N) is 2. The van der Waals surface area contributed by atoms with Crippen molar-refractivity contribution in [3.8, 4) is 0 Å². The zero-order valence-electron chi connectivity index (χ0n) is 13.9. The van der Waals surface area contributed by atoms with Crippen LogP contribution in [0.15, 0.2) is 35.0 Å². The van der Waals surface area contributed by atoms with Crippen LogP contribution in [-0.4, -0.2) is 35.0 Å². The fourth-order valence-corrected chi connectivity index (χ4v) is 3.13. The normalized spacial score (nSPS) is 12.5. The quantitative estimate of drug-likeness (QED) is 0.805. The highest BCUT2D eigenvalue weighted by Gasteiger charge is 2.29. The number of para-hydroxylation sites is 1. The fraction of sp³-hybridized carbons (Fsp3) is 0.333. The number of carbonyl (C=O) groups excluding carboxylic acids is 1. The minimum absolute atomic E-state index is 0.0599. The van der Waals surface area contributed by atoms with Gasteiger partial charge in [0.25, 0.3) is 0 Å². The van der Waals surface area contributed by atoms with Crippen molar-refractivity contribution < 1.29 is 9.32 Å². The molecule has 1 atom stereocenters. The standard InChI is InChI=1S/C18H21N3O2/c1-11-17(12(2)23-20-11)15(18(22)21(3)4)9-13-10-19-16-8-6-5-7-14(13)16/h5-8,10,15,19H,9H2,1-4H3. The van der Waals surface area contributed by atoms with Crippen LogP contribution < -0.4 is 0 Å². The minimum atomic E-state index is -0.296. The first-order valence-corrected chi connectivity index (χ1v) is 7.68. The topological polar surface area (TPSA) is 62.1 Å². The molecule has 0 saturated carbocycles. The molecule has 0 aliphatic rings. The number of hydrogen-bond donors (Lipinski definition) is 1. The predicted molar refractivity (Wildman–Crippen MR) is 89.4 cm³/mol. The summed E-state index contributed by atoms with van der Waals surface area (Å²) in [6.07, 6.45) is 2.60. The van der Waals surface area contributed by atoms with Gasteiger partial charge in [0.1, 0.15) is 5.76 Å². The summed E-state index contributed by atoms with van der Waals surface area (Å²) in [4.78, 5) is 17.7. The molecule has 0 saturated heterocycles. The molecule has 0 aliphatic heterocycles. The Kier molecular flexibility index (Phi) is 3.94. The average Bonchev–Trinajstić information content (AvgIpc) is 3.08. The van der Waals surface area contributed by atoms with E-state index in [1.807, 2.05) is 38.2 Å². The second-order valence-electron chi connectivity index (χ2n) is 6.09. The molecule has 0 spiro atoms. The van der Waals surface area contributed by atoms with Crippen LogP contribution in [0.25, 0.3) is 10.9 Å². The molecule has 120 valence electrons. The first kappa shape index (κ1) is 15.3. The summed E-state index contributed by atoms with van der Waals surface area (Å²) in [7, 11) is 3.56. The summed E-state index contributed by atoms with van der Waals surface area (Å²) in [6, 6.07) is 8.13. The molecule has 1 amide bonds. The molecule has 5 nitrogen and oxygen atoms in total. The molecule has 0 fully saturated rings. The highest BCUT2D eigenvalue weighted by atomic mass is 16.5. The molecular formula is C18H21N3O2. The number of H-pyrrole nitrogens is 1. The highest BCUT2D eigenvalue weighted by Crippen LogP contribution is 2.30. The SMILES string of the molecule is Cc1noc(C)c1C(Cc1c[nH]c2ccccc12)C(=O)N(C)C. The van der Waals surface area contributed by atoms with E-state index in [0.717, 1.165) is 27.7 Å². The first-order valence-electron chi connectivity index (χ1n) is 7.68. The zero-order chi connectivity index (χ0) is 16.6. The van der Waals surface area contributed by atoms with Crippen molar-refractivity contribution >= 4 is 16.8 Å². The van der Waals surface area contributed by atoms with Crippen molar-refractivity contribution in [3.63, 3.8) is 0 Å². The first-order chi connectivity index (χ1) is 11.0. The van der Waals surface area contributed by atoms with Crippen LogP contribution in [-0.2, 0) is 11.2 Å². The molecule has 0 bridgehead atoms. The number of hydrogen-bond acceptors (Lipinski definition) is 3. The van der Waals surface area contributed by atoms with Gasteiger partial charge in [0.05, 0.1) is 11.6 Å². The predicted octanol–water partition coefficient (Wildman–Crippen LogP) is 3.19. The Morgan fingerprint density at radius 2 is 2.04 bits per heavy atom. The van der Waals surface area contributed by atoms with E-state index >= 15 is 0 Å². The third-order valence-electron chi connectivity index (χ3n) is 4.27. The lowest BCUT2D eigenvalue weighted by Crippen LogP contribution is -2.30. The Morgan fingerprint density at radius 1 is 1.30 bits per heavy atom. The summed E-state index contributed by atoms with van der Waals surface area (Å²) in [6.45, 7) is 3.75. The molecule has 1 N–H and O–H groups in total. The molecular weight excluding hydrogens is 290 g/mol. The van der Waals surface area contributed by atoms with E-state index < -0.39 is 0 Å². The van der Waals surface area contributed by atoms with Gasteiger partial charge in [-0.25, -0.2) is 0 Å². The number of likely N-dealkylation sites (N-methyl/N-ethyl adjacent to an activating group) is 1. The third kappa shape index (κ3) is 2.74. The van der Waals surface area contributed by atoms with Crippen molar-refractivity contribution in [3.05, 3.63) is 53.0 Å². The number of benzene rings is 1. The van der Waals surface area contributed by atoms with Gasteiger partial charge in [0, 0.05) is 36.8 Å². The van der Waals surface area contributed by atoms with Crippen LogP contribution in [0, 0.1) is 13.8 Å². The van der Waals surface area contributed by atoms with E-state index in [-0.39, 0.29) is 11.8 Å². The largest absolute Gasteiger partial charge is 0.361 e. The number of aromatic nitrogens is 2. The Balaban J connectivity index is 2.04. The van der Waals surface area contributed by atoms with Crippen LogP contribution >= 0.6 is 0 Å². The van der Waals surface area contributed by atoms with Crippen LogP contribution in [0.3, 0.4) is 0 Å². The minimum Gasteiger partial charge on any atom is -0.361 e. The second kappa shape index (κ2) is 5.91. The molecule has 0 radical (unpaired) electrons. The summed E-state index contributed by atoms with van der Waals surface area (Å²) in [5, 5.41) is 5.17. The van der Waals surface area contributed by atoms with Gasteiger partial charge in [0.2, 0.25) is 5.91 Å². The van der Waals surface area contributed by atoms with E-state index in [9.17, 15) is 4.79 Å². The van der Waals surface area contributed by atoms with Gasteiger partial charge >= 0.3 is 0 Å². The van der Waals surface area contributed by atoms with E-state index in [4.69, 9.17) is 4.52 Å². The van der Waals surface area contributed by atoms with Crippen LogP contribution in [0.4, 0.5) is 0 Å². The van der Waals surface area contributed by atoms with Crippen molar-refractivity contribution in [2.24, 2.45) is 0 Å². The summed E-state index contributed by atoms with van der Waals surface area (Å²) < 4.78 is 5.28. The highest BCUT2D eigenvalue weighted by molar-refractivity contribution is 5.87. The molecule has 23 heavy (non-hydrogen) atoms. The summed E-state index contributed by atoms with van der Waals surface area (Å²) in [5.41, 5.74) is 3.88. The van der Waals surface area contributed by atoms with E-state index in [1.165, 1.54) is 0 Å². The lowest BCUT2D eigenvalue weighted by molar-refractivity contribution is -0.130. The lowest BCUT2D eigenvalue weighted by atomic mass is 9.89. The van der Waals surface area contributed by atoms with Gasteiger partial charge in [0.15, 0.2) is 0 Å². The third-order valence-corrected chi connectivity index (χ3v) is 4.27. The van der Waals surface area contributed by atoms with Crippen LogP contribution in [0.5, 0.6) is 0 Å². The molecule has 2 aromatic heterocycles. The number of aromatic amines is 1. The number of carbonyl (C=O) groups is 1. The van der Waals surface area contributed by atoms with Gasteiger partial charge in [-0.3, -0.25) is 4.79 Å². The number of aryl methyl sites for hydroxylation is 2. The van der Waals surface area contributed by atoms with Gasteiger partial charge in [-0.05, 0) is 31.9 Å². The zero-order valence-corrected chi connectivity index (χ0v) is 13.9. The van der Waals surface area contributed by atoms with Gasteiger partial charge < -0.3 is 14.4 Å².